The number of carbonyl (C=O) groups excluding carboxylic acids is 2. The zero-order valence-electron chi connectivity index (χ0n) is 11.4. The van der Waals surface area contributed by atoms with E-state index in [9.17, 15) is 9.59 Å². The fourth-order valence-corrected chi connectivity index (χ4v) is 3.32. The zero-order chi connectivity index (χ0) is 14.0. The van der Waals surface area contributed by atoms with Crippen LogP contribution in [0.2, 0.25) is 0 Å². The molecule has 1 aliphatic heterocycles. The van der Waals surface area contributed by atoms with Crippen LogP contribution in [0.25, 0.3) is 0 Å². The van der Waals surface area contributed by atoms with Crippen LogP contribution >= 0.6 is 11.8 Å². The van der Waals surface area contributed by atoms with E-state index in [1.165, 1.54) is 4.90 Å². The van der Waals surface area contributed by atoms with Crippen molar-refractivity contribution in [2.45, 2.75) is 12.3 Å². The summed E-state index contributed by atoms with van der Waals surface area (Å²) in [7, 11) is 3.41. The quantitative estimate of drug-likeness (QED) is 0.844. The van der Waals surface area contributed by atoms with Gasteiger partial charge in [-0.2, -0.15) is 0 Å². The second-order valence-corrected chi connectivity index (χ2v) is 5.90. The predicted octanol–water partition coefficient (Wildman–Crippen LogP) is 1.66. The molecule has 0 spiro atoms. The summed E-state index contributed by atoms with van der Waals surface area (Å²) in [4.78, 5) is 27.0. The Balaban J connectivity index is 2.23. The van der Waals surface area contributed by atoms with E-state index >= 15 is 0 Å². The second kappa shape index (κ2) is 5.65. The maximum absolute atomic E-state index is 12.0. The maximum Gasteiger partial charge on any atom is 0.241 e. The molecule has 0 aliphatic carbocycles. The average Bonchev–Trinajstić information content (AvgIpc) is 2.72. The molecule has 2 amide bonds. The smallest absolute Gasteiger partial charge is 0.241 e. The number of thioether (sulfide) groups is 1. The number of amides is 2. The normalized spacial score (nSPS) is 18.8. The summed E-state index contributed by atoms with van der Waals surface area (Å²) >= 11 is 1.59. The lowest BCUT2D eigenvalue weighted by atomic mass is 10.1. The molecule has 5 heteroatoms. The van der Waals surface area contributed by atoms with E-state index in [1.807, 2.05) is 31.2 Å². The number of hydrogen-bond donors (Lipinski definition) is 0. The third-order valence-electron chi connectivity index (χ3n) is 3.23. The van der Waals surface area contributed by atoms with Gasteiger partial charge >= 0.3 is 0 Å². The van der Waals surface area contributed by atoms with Crippen LogP contribution in [0.3, 0.4) is 0 Å². The first-order valence-electron chi connectivity index (χ1n) is 6.17. The van der Waals surface area contributed by atoms with Gasteiger partial charge in [-0.3, -0.25) is 9.59 Å². The number of hydrogen-bond acceptors (Lipinski definition) is 3. The van der Waals surface area contributed by atoms with E-state index in [4.69, 9.17) is 0 Å². The van der Waals surface area contributed by atoms with Crippen molar-refractivity contribution in [1.82, 2.24) is 9.80 Å². The Morgan fingerprint density at radius 3 is 2.74 bits per heavy atom. The molecule has 1 fully saturated rings. The number of aryl methyl sites for hydroxylation is 1. The van der Waals surface area contributed by atoms with Crippen molar-refractivity contribution < 1.29 is 9.59 Å². The van der Waals surface area contributed by atoms with Crippen molar-refractivity contribution in [3.05, 3.63) is 35.4 Å². The van der Waals surface area contributed by atoms with E-state index < -0.39 is 0 Å². The Morgan fingerprint density at radius 1 is 1.42 bits per heavy atom. The summed E-state index contributed by atoms with van der Waals surface area (Å²) in [6.45, 7) is 2.18. The van der Waals surface area contributed by atoms with Crippen LogP contribution in [0.1, 0.15) is 16.5 Å². The molecule has 2 rings (SSSR count). The van der Waals surface area contributed by atoms with Gasteiger partial charge < -0.3 is 9.80 Å². The molecular formula is C14H18N2O2S. The lowest BCUT2D eigenvalue weighted by molar-refractivity contribution is -0.137. The van der Waals surface area contributed by atoms with Gasteiger partial charge in [-0.05, 0) is 18.1 Å². The van der Waals surface area contributed by atoms with E-state index in [-0.39, 0.29) is 23.7 Å². The maximum atomic E-state index is 12.0. The third kappa shape index (κ3) is 2.92. The van der Waals surface area contributed by atoms with Crippen molar-refractivity contribution in [1.29, 1.82) is 0 Å². The molecule has 0 aromatic heterocycles. The molecular weight excluding hydrogens is 260 g/mol. The highest BCUT2D eigenvalue weighted by atomic mass is 32.2. The van der Waals surface area contributed by atoms with Gasteiger partial charge in [0.15, 0.2) is 0 Å². The van der Waals surface area contributed by atoms with Crippen molar-refractivity contribution in [2.24, 2.45) is 0 Å². The van der Waals surface area contributed by atoms with Crippen LogP contribution in [0, 0.1) is 6.92 Å². The van der Waals surface area contributed by atoms with Gasteiger partial charge in [-0.25, -0.2) is 0 Å². The number of benzene rings is 1. The molecule has 1 aromatic rings. The van der Waals surface area contributed by atoms with Crippen LogP contribution in [0.15, 0.2) is 24.3 Å². The average molecular weight is 278 g/mol. The molecule has 102 valence electrons. The second-order valence-electron chi connectivity index (χ2n) is 4.83. The molecule has 1 aliphatic rings. The van der Waals surface area contributed by atoms with Gasteiger partial charge in [0.1, 0.15) is 11.9 Å². The third-order valence-corrected chi connectivity index (χ3v) is 4.46. The number of carbonyl (C=O) groups is 2. The Kier molecular flexibility index (Phi) is 4.14. The van der Waals surface area contributed by atoms with Gasteiger partial charge in [0, 0.05) is 14.1 Å². The van der Waals surface area contributed by atoms with Crippen LogP contribution in [0.4, 0.5) is 0 Å². The topological polar surface area (TPSA) is 40.6 Å². The highest BCUT2D eigenvalue weighted by Gasteiger charge is 2.34. The van der Waals surface area contributed by atoms with Crippen molar-refractivity contribution >= 4 is 23.6 Å². The van der Waals surface area contributed by atoms with Gasteiger partial charge in [0.25, 0.3) is 0 Å². The molecule has 4 nitrogen and oxygen atoms in total. The first-order valence-corrected chi connectivity index (χ1v) is 7.22. The van der Waals surface area contributed by atoms with Gasteiger partial charge in [0.05, 0.1) is 5.75 Å². The number of likely N-dealkylation sites (N-methyl/N-ethyl adjacent to an activating group) is 1. The minimum Gasteiger partial charge on any atom is -0.347 e. The Morgan fingerprint density at radius 2 is 2.11 bits per heavy atom. The van der Waals surface area contributed by atoms with Gasteiger partial charge in [-0.1, -0.05) is 24.3 Å². The van der Waals surface area contributed by atoms with E-state index in [0.717, 1.165) is 11.1 Å². The molecule has 1 aromatic carbocycles. The predicted molar refractivity (Wildman–Crippen MR) is 76.8 cm³/mol. The van der Waals surface area contributed by atoms with Crippen LogP contribution in [-0.2, 0) is 9.59 Å². The summed E-state index contributed by atoms with van der Waals surface area (Å²) in [6.07, 6.45) is 0. The van der Waals surface area contributed by atoms with E-state index in [0.29, 0.717) is 5.75 Å². The summed E-state index contributed by atoms with van der Waals surface area (Å²) < 4.78 is 0. The summed E-state index contributed by atoms with van der Waals surface area (Å²) in [5.41, 5.74) is 2.27. The Hall–Kier alpha value is -1.49. The van der Waals surface area contributed by atoms with E-state index in [2.05, 4.69) is 0 Å². The molecule has 0 unspecified atom stereocenters. The molecule has 0 saturated carbocycles. The van der Waals surface area contributed by atoms with Gasteiger partial charge in [-0.15, -0.1) is 11.8 Å². The lowest BCUT2D eigenvalue weighted by Crippen LogP contribution is -2.38. The molecule has 19 heavy (non-hydrogen) atoms. The molecule has 0 N–H and O–H groups in total. The summed E-state index contributed by atoms with van der Waals surface area (Å²) in [5.74, 6) is 0.433. The van der Waals surface area contributed by atoms with Gasteiger partial charge in [0.2, 0.25) is 11.8 Å². The van der Waals surface area contributed by atoms with Crippen molar-refractivity contribution in [3.8, 4) is 0 Å². The molecule has 0 bridgehead atoms. The van der Waals surface area contributed by atoms with Crippen molar-refractivity contribution in [3.63, 3.8) is 0 Å². The SMILES string of the molecule is Cc1ccccc1[C@H]1SCC(=O)N1CC(=O)N(C)C. The van der Waals surface area contributed by atoms with Crippen LogP contribution in [0.5, 0.6) is 0 Å². The van der Waals surface area contributed by atoms with Crippen molar-refractivity contribution in [2.75, 3.05) is 26.4 Å². The Bertz CT molecular complexity index is 502. The monoisotopic (exact) mass is 278 g/mol. The standard InChI is InChI=1S/C14H18N2O2S/c1-10-6-4-5-7-11(10)14-16(13(18)9-19-14)8-12(17)15(2)3/h4-7,14H,8-9H2,1-3H3/t14-/m1/s1. The minimum atomic E-state index is -0.0468. The lowest BCUT2D eigenvalue weighted by Gasteiger charge is -2.26. The first kappa shape index (κ1) is 13.9. The molecule has 0 radical (unpaired) electrons. The largest absolute Gasteiger partial charge is 0.347 e. The molecule has 1 heterocycles. The van der Waals surface area contributed by atoms with E-state index in [1.54, 1.807) is 30.8 Å². The minimum absolute atomic E-state index is 0.0356. The number of rotatable bonds is 3. The fraction of sp³-hybridized carbons (Fsp3) is 0.429. The van der Waals surface area contributed by atoms with Crippen LogP contribution < -0.4 is 0 Å². The summed E-state index contributed by atoms with van der Waals surface area (Å²) in [6, 6.07) is 8.01. The molecule has 1 saturated heterocycles. The van der Waals surface area contributed by atoms with Crippen LogP contribution in [-0.4, -0.2) is 48.0 Å². The fourth-order valence-electron chi connectivity index (χ4n) is 2.03. The highest BCUT2D eigenvalue weighted by Crippen LogP contribution is 2.39. The highest BCUT2D eigenvalue weighted by molar-refractivity contribution is 8.00. The number of nitrogens with zero attached hydrogens (tertiary/aromatic N) is 2. The Labute approximate surface area is 117 Å². The first-order chi connectivity index (χ1) is 9.00. The molecule has 1 atom stereocenters. The zero-order valence-corrected chi connectivity index (χ0v) is 12.2. The summed E-state index contributed by atoms with van der Waals surface area (Å²) in [5, 5.41) is -0.0439.